The van der Waals surface area contributed by atoms with Crippen molar-refractivity contribution in [3.8, 4) is 0 Å². The first-order valence-electron chi connectivity index (χ1n) is 6.25. The van der Waals surface area contributed by atoms with E-state index in [2.05, 4.69) is 0 Å². The second-order valence-electron chi connectivity index (χ2n) is 4.93. The zero-order chi connectivity index (χ0) is 12.9. The zero-order valence-electron chi connectivity index (χ0n) is 10.2. The van der Waals surface area contributed by atoms with Crippen LogP contribution in [-0.2, 0) is 4.74 Å². The average molecular weight is 254 g/mol. The molecule has 0 aromatic heterocycles. The molecule has 0 bridgehead atoms. The molecule has 2 unspecified atom stereocenters. The van der Waals surface area contributed by atoms with Gasteiger partial charge in [-0.25, -0.2) is 0 Å². The first kappa shape index (κ1) is 14.8. The van der Waals surface area contributed by atoms with Gasteiger partial charge in [-0.3, -0.25) is 0 Å². The third-order valence-corrected chi connectivity index (χ3v) is 3.24. The molecule has 0 aromatic carbocycles. The van der Waals surface area contributed by atoms with Gasteiger partial charge >= 0.3 is 6.18 Å². The van der Waals surface area contributed by atoms with Crippen molar-refractivity contribution < 1.29 is 23.0 Å². The molecule has 102 valence electrons. The first-order valence-corrected chi connectivity index (χ1v) is 6.25. The van der Waals surface area contributed by atoms with E-state index in [1.54, 1.807) is 0 Å². The Bertz CT molecular complexity index is 228. The fraction of sp³-hybridized carbons (Fsp3) is 1.00. The zero-order valence-corrected chi connectivity index (χ0v) is 10.2. The molecular weight excluding hydrogens is 233 g/mol. The largest absolute Gasteiger partial charge is 0.390 e. The Hall–Kier alpha value is -0.290. The van der Waals surface area contributed by atoms with Gasteiger partial charge in [-0.2, -0.15) is 13.2 Å². The van der Waals surface area contributed by atoms with E-state index in [9.17, 15) is 18.3 Å². The minimum absolute atomic E-state index is 0.00115. The van der Waals surface area contributed by atoms with Crippen molar-refractivity contribution in [2.24, 2.45) is 0 Å². The second kappa shape index (κ2) is 6.05. The van der Waals surface area contributed by atoms with Gasteiger partial charge < -0.3 is 9.84 Å². The van der Waals surface area contributed by atoms with Crippen molar-refractivity contribution in [2.45, 2.75) is 69.8 Å². The van der Waals surface area contributed by atoms with Crippen LogP contribution in [-0.4, -0.2) is 29.6 Å². The molecule has 1 saturated heterocycles. The highest BCUT2D eigenvalue weighted by Gasteiger charge is 2.35. The van der Waals surface area contributed by atoms with E-state index in [-0.39, 0.29) is 18.9 Å². The average Bonchev–Trinajstić information content (AvgIpc) is 2.15. The lowest BCUT2D eigenvalue weighted by atomic mass is 9.84. The van der Waals surface area contributed by atoms with Gasteiger partial charge in [0.2, 0.25) is 0 Å². The van der Waals surface area contributed by atoms with Gasteiger partial charge in [0.1, 0.15) is 0 Å². The molecule has 0 saturated carbocycles. The summed E-state index contributed by atoms with van der Waals surface area (Å²) in [5.74, 6) is 0. The summed E-state index contributed by atoms with van der Waals surface area (Å²) in [5, 5.41) is 10.2. The second-order valence-corrected chi connectivity index (χ2v) is 4.93. The number of aliphatic hydroxyl groups is 1. The Labute approximate surface area is 100 Å². The van der Waals surface area contributed by atoms with Crippen molar-refractivity contribution in [3.63, 3.8) is 0 Å². The topological polar surface area (TPSA) is 29.5 Å². The van der Waals surface area contributed by atoms with Crippen LogP contribution in [0.4, 0.5) is 13.2 Å². The molecule has 0 radical (unpaired) electrons. The highest BCUT2D eigenvalue weighted by molar-refractivity contribution is 4.85. The maximum Gasteiger partial charge on any atom is 0.389 e. The smallest absolute Gasteiger partial charge is 0.389 e. The van der Waals surface area contributed by atoms with Crippen molar-refractivity contribution in [1.29, 1.82) is 0 Å². The molecule has 1 N–H and O–H groups in total. The molecule has 2 atom stereocenters. The summed E-state index contributed by atoms with van der Waals surface area (Å²) in [7, 11) is 0. The maximum atomic E-state index is 12.0. The molecule has 0 amide bonds. The van der Waals surface area contributed by atoms with Crippen molar-refractivity contribution >= 4 is 0 Å². The Morgan fingerprint density at radius 1 is 1.41 bits per heavy atom. The van der Waals surface area contributed by atoms with E-state index >= 15 is 0 Å². The molecule has 1 heterocycles. The Morgan fingerprint density at radius 2 is 2.12 bits per heavy atom. The van der Waals surface area contributed by atoms with Crippen LogP contribution in [0.15, 0.2) is 0 Å². The molecular formula is C12H21F3O2. The summed E-state index contributed by atoms with van der Waals surface area (Å²) in [6.07, 6.45) is -1.97. The third kappa shape index (κ3) is 5.73. The molecule has 0 spiro atoms. The highest BCUT2D eigenvalue weighted by atomic mass is 19.4. The van der Waals surface area contributed by atoms with Gasteiger partial charge in [-0.15, -0.1) is 0 Å². The molecule has 2 nitrogen and oxygen atoms in total. The Morgan fingerprint density at radius 3 is 2.71 bits per heavy atom. The first-order chi connectivity index (χ1) is 7.85. The number of halogens is 3. The number of alkyl halides is 3. The molecule has 1 aliphatic heterocycles. The minimum atomic E-state index is -4.12. The molecule has 1 rings (SSSR count). The van der Waals surface area contributed by atoms with E-state index in [0.717, 1.165) is 12.8 Å². The molecule has 5 heteroatoms. The standard InChI is InChI=1S/C12H21F3O2/c1-2-4-10-9-11(16,7-8-17-10)5-3-6-12(13,14)15/h10,16H,2-9H2,1H3. The van der Waals surface area contributed by atoms with Gasteiger partial charge in [0.25, 0.3) is 0 Å². The van der Waals surface area contributed by atoms with Crippen molar-refractivity contribution in [1.82, 2.24) is 0 Å². The molecule has 0 aromatic rings. The lowest BCUT2D eigenvalue weighted by Crippen LogP contribution is -2.40. The lowest BCUT2D eigenvalue weighted by Gasteiger charge is -2.37. The van der Waals surface area contributed by atoms with Gasteiger partial charge in [-0.05, 0) is 25.7 Å². The fourth-order valence-electron chi connectivity index (χ4n) is 2.35. The quantitative estimate of drug-likeness (QED) is 0.814. The van der Waals surface area contributed by atoms with Gasteiger partial charge in [0.05, 0.1) is 11.7 Å². The van der Waals surface area contributed by atoms with Crippen LogP contribution in [0.25, 0.3) is 0 Å². The number of hydrogen-bond donors (Lipinski definition) is 1. The van der Waals surface area contributed by atoms with Gasteiger partial charge in [0, 0.05) is 19.4 Å². The van der Waals surface area contributed by atoms with Gasteiger partial charge in [0.15, 0.2) is 0 Å². The normalized spacial score (nSPS) is 30.5. The van der Waals surface area contributed by atoms with E-state index in [1.165, 1.54) is 0 Å². The van der Waals surface area contributed by atoms with Crippen molar-refractivity contribution in [3.05, 3.63) is 0 Å². The SMILES string of the molecule is CCCC1CC(O)(CCCC(F)(F)F)CCO1. The van der Waals surface area contributed by atoms with Crippen LogP contribution in [0.5, 0.6) is 0 Å². The molecule has 0 aliphatic carbocycles. The van der Waals surface area contributed by atoms with Crippen LogP contribution in [0.3, 0.4) is 0 Å². The number of ether oxygens (including phenoxy) is 1. The minimum Gasteiger partial charge on any atom is -0.390 e. The Balaban J connectivity index is 2.34. The van der Waals surface area contributed by atoms with Crippen molar-refractivity contribution in [2.75, 3.05) is 6.61 Å². The highest BCUT2D eigenvalue weighted by Crippen LogP contribution is 2.33. The summed E-state index contributed by atoms with van der Waals surface area (Å²) in [6.45, 7) is 2.48. The van der Waals surface area contributed by atoms with Crippen LogP contribution < -0.4 is 0 Å². The summed E-state index contributed by atoms with van der Waals surface area (Å²) in [4.78, 5) is 0. The summed E-state index contributed by atoms with van der Waals surface area (Å²) >= 11 is 0. The summed E-state index contributed by atoms with van der Waals surface area (Å²) in [6, 6.07) is 0. The van der Waals surface area contributed by atoms with Crippen LogP contribution in [0.2, 0.25) is 0 Å². The third-order valence-electron chi connectivity index (χ3n) is 3.24. The number of rotatable bonds is 5. The van der Waals surface area contributed by atoms with Crippen LogP contribution >= 0.6 is 0 Å². The molecule has 17 heavy (non-hydrogen) atoms. The monoisotopic (exact) mass is 254 g/mol. The van der Waals surface area contributed by atoms with E-state index in [0.29, 0.717) is 19.4 Å². The maximum absolute atomic E-state index is 12.0. The predicted octanol–water partition coefficient (Wildman–Crippen LogP) is 3.43. The molecule has 1 fully saturated rings. The van der Waals surface area contributed by atoms with E-state index in [1.807, 2.05) is 6.92 Å². The van der Waals surface area contributed by atoms with Gasteiger partial charge in [-0.1, -0.05) is 13.3 Å². The number of hydrogen-bond acceptors (Lipinski definition) is 2. The van der Waals surface area contributed by atoms with E-state index in [4.69, 9.17) is 4.74 Å². The summed E-state index contributed by atoms with van der Waals surface area (Å²) in [5.41, 5.74) is -0.955. The summed E-state index contributed by atoms with van der Waals surface area (Å²) < 4.78 is 41.6. The van der Waals surface area contributed by atoms with Crippen LogP contribution in [0, 0.1) is 0 Å². The fourth-order valence-corrected chi connectivity index (χ4v) is 2.35. The predicted molar refractivity (Wildman–Crippen MR) is 58.7 cm³/mol. The lowest BCUT2D eigenvalue weighted by molar-refractivity contribution is -0.143. The van der Waals surface area contributed by atoms with Crippen LogP contribution in [0.1, 0.15) is 51.9 Å². The Kier molecular flexibility index (Phi) is 5.25. The van der Waals surface area contributed by atoms with E-state index < -0.39 is 18.2 Å². The molecule has 1 aliphatic rings.